The van der Waals surface area contributed by atoms with Crippen molar-refractivity contribution in [3.63, 3.8) is 0 Å². The van der Waals surface area contributed by atoms with E-state index in [4.69, 9.17) is 0 Å². The highest BCUT2D eigenvalue weighted by Gasteiger charge is 2.21. The summed E-state index contributed by atoms with van der Waals surface area (Å²) in [6.45, 7) is 3.22. The van der Waals surface area contributed by atoms with Gasteiger partial charge < -0.3 is 10.3 Å². The molecule has 1 atom stereocenters. The van der Waals surface area contributed by atoms with Crippen LogP contribution in [-0.2, 0) is 6.54 Å². The van der Waals surface area contributed by atoms with Crippen LogP contribution in [0.15, 0.2) is 12.5 Å². The normalized spacial score (nSPS) is 19.8. The van der Waals surface area contributed by atoms with Gasteiger partial charge in [-0.05, 0) is 25.2 Å². The standard InChI is InChI=1S/C13H23N3/c1-2-13(11-6-4-3-5-7-11)15-9-12-8-14-10-16-12/h8,10-11,13,15H,2-7,9H2,1H3,(H,14,16). The van der Waals surface area contributed by atoms with E-state index in [1.54, 1.807) is 6.33 Å². The number of hydrogen-bond acceptors (Lipinski definition) is 2. The third-order valence-corrected chi connectivity index (χ3v) is 3.77. The highest BCUT2D eigenvalue weighted by Crippen LogP contribution is 2.27. The molecule has 1 aromatic heterocycles. The minimum atomic E-state index is 0.684. The molecule has 1 saturated carbocycles. The zero-order valence-corrected chi connectivity index (χ0v) is 10.2. The summed E-state index contributed by atoms with van der Waals surface area (Å²) in [5.41, 5.74) is 1.19. The molecule has 1 fully saturated rings. The molecule has 0 spiro atoms. The highest BCUT2D eigenvalue weighted by atomic mass is 15.0. The molecule has 3 heteroatoms. The fraction of sp³-hybridized carbons (Fsp3) is 0.769. The maximum absolute atomic E-state index is 4.04. The molecule has 1 unspecified atom stereocenters. The Morgan fingerprint density at radius 2 is 2.25 bits per heavy atom. The van der Waals surface area contributed by atoms with E-state index in [1.807, 2.05) is 6.20 Å². The Morgan fingerprint density at radius 3 is 2.88 bits per heavy atom. The Bertz CT molecular complexity index is 275. The number of nitrogens with zero attached hydrogens (tertiary/aromatic N) is 1. The van der Waals surface area contributed by atoms with Gasteiger partial charge in [0, 0.05) is 24.5 Å². The average molecular weight is 221 g/mol. The van der Waals surface area contributed by atoms with Crippen molar-refractivity contribution in [1.82, 2.24) is 15.3 Å². The summed E-state index contributed by atoms with van der Waals surface area (Å²) in [6.07, 6.45) is 12.0. The van der Waals surface area contributed by atoms with Gasteiger partial charge in [0.2, 0.25) is 0 Å². The second kappa shape index (κ2) is 6.04. The smallest absolute Gasteiger partial charge is 0.0922 e. The second-order valence-corrected chi connectivity index (χ2v) is 4.87. The summed E-state index contributed by atoms with van der Waals surface area (Å²) in [5.74, 6) is 0.890. The lowest BCUT2D eigenvalue weighted by atomic mass is 9.83. The van der Waals surface area contributed by atoms with Crippen LogP contribution in [0.5, 0.6) is 0 Å². The molecule has 1 aliphatic rings. The van der Waals surface area contributed by atoms with Gasteiger partial charge in [0.15, 0.2) is 0 Å². The lowest BCUT2D eigenvalue weighted by Gasteiger charge is -2.30. The SMILES string of the molecule is CCC(NCc1cnc[nH]1)C1CCCCC1. The van der Waals surface area contributed by atoms with Crippen LogP contribution in [0.4, 0.5) is 0 Å². The van der Waals surface area contributed by atoms with E-state index >= 15 is 0 Å². The van der Waals surface area contributed by atoms with E-state index in [-0.39, 0.29) is 0 Å². The van der Waals surface area contributed by atoms with Gasteiger partial charge in [0.05, 0.1) is 6.33 Å². The maximum atomic E-state index is 4.04. The van der Waals surface area contributed by atoms with E-state index < -0.39 is 0 Å². The van der Waals surface area contributed by atoms with Gasteiger partial charge in [-0.2, -0.15) is 0 Å². The van der Waals surface area contributed by atoms with Crippen molar-refractivity contribution in [3.05, 3.63) is 18.2 Å². The minimum Gasteiger partial charge on any atom is -0.347 e. The number of imidazole rings is 1. The summed E-state index contributed by atoms with van der Waals surface area (Å²) in [5, 5.41) is 3.67. The molecule has 16 heavy (non-hydrogen) atoms. The van der Waals surface area contributed by atoms with E-state index in [0.717, 1.165) is 12.5 Å². The molecule has 0 saturated heterocycles. The van der Waals surface area contributed by atoms with Crippen LogP contribution in [0.25, 0.3) is 0 Å². The Morgan fingerprint density at radius 1 is 1.44 bits per heavy atom. The van der Waals surface area contributed by atoms with Gasteiger partial charge in [-0.25, -0.2) is 4.98 Å². The maximum Gasteiger partial charge on any atom is 0.0922 e. The predicted octanol–water partition coefficient (Wildman–Crippen LogP) is 2.86. The summed E-state index contributed by atoms with van der Waals surface area (Å²) < 4.78 is 0. The summed E-state index contributed by atoms with van der Waals surface area (Å²) in [6, 6.07) is 0.684. The molecule has 90 valence electrons. The van der Waals surface area contributed by atoms with Crippen molar-refractivity contribution in [3.8, 4) is 0 Å². The van der Waals surface area contributed by atoms with Gasteiger partial charge in [0.1, 0.15) is 0 Å². The number of hydrogen-bond donors (Lipinski definition) is 2. The zero-order valence-electron chi connectivity index (χ0n) is 10.2. The fourth-order valence-corrected chi connectivity index (χ4v) is 2.80. The first kappa shape index (κ1) is 11.6. The van der Waals surface area contributed by atoms with Crippen LogP contribution in [0.2, 0.25) is 0 Å². The van der Waals surface area contributed by atoms with Gasteiger partial charge in [-0.15, -0.1) is 0 Å². The van der Waals surface area contributed by atoms with E-state index in [9.17, 15) is 0 Å². The van der Waals surface area contributed by atoms with Crippen LogP contribution in [0.3, 0.4) is 0 Å². The lowest BCUT2D eigenvalue weighted by molar-refractivity contribution is 0.261. The van der Waals surface area contributed by atoms with Crippen molar-refractivity contribution in [2.75, 3.05) is 0 Å². The first-order valence-corrected chi connectivity index (χ1v) is 6.60. The van der Waals surface area contributed by atoms with Crippen LogP contribution in [0, 0.1) is 5.92 Å². The van der Waals surface area contributed by atoms with Crippen LogP contribution in [-0.4, -0.2) is 16.0 Å². The molecule has 1 aromatic rings. The molecule has 3 nitrogen and oxygen atoms in total. The fourth-order valence-electron chi connectivity index (χ4n) is 2.80. The number of aromatic amines is 1. The number of rotatable bonds is 5. The summed E-state index contributed by atoms with van der Waals surface area (Å²) >= 11 is 0. The molecule has 1 aliphatic carbocycles. The summed E-state index contributed by atoms with van der Waals surface area (Å²) in [4.78, 5) is 7.19. The molecule has 1 heterocycles. The molecular weight excluding hydrogens is 198 g/mol. The van der Waals surface area contributed by atoms with Crippen molar-refractivity contribution in [1.29, 1.82) is 0 Å². The molecule has 2 N–H and O–H groups in total. The first-order chi connectivity index (χ1) is 7.90. The summed E-state index contributed by atoms with van der Waals surface area (Å²) in [7, 11) is 0. The van der Waals surface area contributed by atoms with Gasteiger partial charge in [-0.3, -0.25) is 0 Å². The Hall–Kier alpha value is -0.830. The monoisotopic (exact) mass is 221 g/mol. The molecule has 0 radical (unpaired) electrons. The minimum absolute atomic E-state index is 0.684. The molecule has 0 bridgehead atoms. The number of H-pyrrole nitrogens is 1. The molecule has 2 rings (SSSR count). The van der Waals surface area contributed by atoms with Crippen molar-refractivity contribution in [2.24, 2.45) is 5.92 Å². The highest BCUT2D eigenvalue weighted by molar-refractivity contribution is 4.94. The number of nitrogens with one attached hydrogen (secondary N) is 2. The quantitative estimate of drug-likeness (QED) is 0.802. The van der Waals surface area contributed by atoms with Crippen molar-refractivity contribution < 1.29 is 0 Å². The zero-order chi connectivity index (χ0) is 11.2. The Balaban J connectivity index is 1.80. The van der Waals surface area contributed by atoms with Gasteiger partial charge >= 0.3 is 0 Å². The van der Waals surface area contributed by atoms with E-state index in [0.29, 0.717) is 6.04 Å². The number of aromatic nitrogens is 2. The van der Waals surface area contributed by atoms with E-state index in [2.05, 4.69) is 22.2 Å². The average Bonchev–Trinajstić information content (AvgIpc) is 2.84. The molecule has 0 amide bonds. The third-order valence-electron chi connectivity index (χ3n) is 3.77. The largest absolute Gasteiger partial charge is 0.347 e. The van der Waals surface area contributed by atoms with Crippen LogP contribution >= 0.6 is 0 Å². The molecule has 0 aliphatic heterocycles. The topological polar surface area (TPSA) is 40.7 Å². The van der Waals surface area contributed by atoms with Gasteiger partial charge in [-0.1, -0.05) is 26.2 Å². The van der Waals surface area contributed by atoms with E-state index in [1.165, 1.54) is 44.2 Å². The first-order valence-electron chi connectivity index (χ1n) is 6.60. The van der Waals surface area contributed by atoms with Crippen molar-refractivity contribution >= 4 is 0 Å². The predicted molar refractivity (Wildman–Crippen MR) is 66.1 cm³/mol. The van der Waals surface area contributed by atoms with Crippen LogP contribution < -0.4 is 5.32 Å². The lowest BCUT2D eigenvalue weighted by Crippen LogP contribution is -2.36. The second-order valence-electron chi connectivity index (χ2n) is 4.87. The Labute approximate surface area is 98.1 Å². The van der Waals surface area contributed by atoms with Crippen LogP contribution in [0.1, 0.15) is 51.1 Å². The molecular formula is C13H23N3. The third kappa shape index (κ3) is 3.08. The Kier molecular flexibility index (Phi) is 4.40. The van der Waals surface area contributed by atoms with Crippen molar-refractivity contribution in [2.45, 2.75) is 58.0 Å². The molecule has 0 aromatic carbocycles. The van der Waals surface area contributed by atoms with Gasteiger partial charge in [0.25, 0.3) is 0 Å².